The zero-order valence-corrected chi connectivity index (χ0v) is 13.8. The molecule has 0 unspecified atom stereocenters. The fraction of sp³-hybridized carbons (Fsp3) is 0.467. The summed E-state index contributed by atoms with van der Waals surface area (Å²) in [5, 5.41) is 10.7. The highest BCUT2D eigenvalue weighted by atomic mass is 32.2. The van der Waals surface area contributed by atoms with Gasteiger partial charge in [-0.1, -0.05) is 19.9 Å². The van der Waals surface area contributed by atoms with E-state index in [2.05, 4.69) is 54.5 Å². The monoisotopic (exact) mass is 306 g/mol. The molecule has 5 nitrogen and oxygen atoms in total. The molecule has 0 saturated carbocycles. The second kappa shape index (κ2) is 6.95. The van der Waals surface area contributed by atoms with Gasteiger partial charge in [0.2, 0.25) is 0 Å². The minimum Gasteiger partial charge on any atom is -0.310 e. The molecule has 0 saturated heterocycles. The Morgan fingerprint density at radius 2 is 2.19 bits per heavy atom. The Morgan fingerprint density at radius 3 is 2.81 bits per heavy atom. The first-order valence-corrected chi connectivity index (χ1v) is 7.99. The topological polar surface area (TPSA) is 62.7 Å². The molecule has 0 spiro atoms. The average Bonchev–Trinajstić information content (AvgIpc) is 2.78. The van der Waals surface area contributed by atoms with Gasteiger partial charge in [-0.2, -0.15) is 0 Å². The molecule has 0 bridgehead atoms. The standard InChI is InChI=1S/C15H22N4OS/c1-5-19-14(20)17-18-15(19)21-13-7-6-12(11(4)8-13)9-16-10(2)3/h6-8,10,16H,5,9H2,1-4H3,(H,17,20). The molecular formula is C15H22N4OS. The van der Waals surface area contributed by atoms with Gasteiger partial charge in [-0.15, -0.1) is 5.10 Å². The number of nitrogens with one attached hydrogen (secondary N) is 2. The van der Waals surface area contributed by atoms with Crippen molar-refractivity contribution >= 4 is 11.8 Å². The number of H-pyrrole nitrogens is 1. The maximum Gasteiger partial charge on any atom is 0.343 e. The van der Waals surface area contributed by atoms with Gasteiger partial charge in [0.25, 0.3) is 0 Å². The molecule has 0 amide bonds. The summed E-state index contributed by atoms with van der Waals surface area (Å²) in [5.74, 6) is 0. The lowest BCUT2D eigenvalue weighted by atomic mass is 10.1. The molecule has 1 aromatic heterocycles. The van der Waals surface area contributed by atoms with Crippen LogP contribution in [0.3, 0.4) is 0 Å². The lowest BCUT2D eigenvalue weighted by Crippen LogP contribution is -2.22. The number of nitrogens with zero attached hydrogens (tertiary/aromatic N) is 2. The van der Waals surface area contributed by atoms with E-state index in [1.165, 1.54) is 22.9 Å². The van der Waals surface area contributed by atoms with Crippen LogP contribution in [0.15, 0.2) is 33.0 Å². The minimum absolute atomic E-state index is 0.158. The van der Waals surface area contributed by atoms with Gasteiger partial charge in [-0.05, 0) is 48.9 Å². The van der Waals surface area contributed by atoms with Crippen LogP contribution < -0.4 is 11.0 Å². The molecule has 0 fully saturated rings. The van der Waals surface area contributed by atoms with Gasteiger partial charge < -0.3 is 5.32 Å². The Hall–Kier alpha value is -1.53. The highest BCUT2D eigenvalue weighted by molar-refractivity contribution is 7.99. The van der Waals surface area contributed by atoms with Crippen molar-refractivity contribution in [3.05, 3.63) is 39.8 Å². The minimum atomic E-state index is -0.158. The molecule has 2 rings (SSSR count). The van der Waals surface area contributed by atoms with Crippen molar-refractivity contribution < 1.29 is 0 Å². The van der Waals surface area contributed by atoms with E-state index >= 15 is 0 Å². The molecule has 1 heterocycles. The average molecular weight is 306 g/mol. The number of hydrogen-bond acceptors (Lipinski definition) is 4. The van der Waals surface area contributed by atoms with Crippen LogP contribution in [0.4, 0.5) is 0 Å². The number of hydrogen-bond donors (Lipinski definition) is 2. The van der Waals surface area contributed by atoms with Crippen LogP contribution in [-0.4, -0.2) is 20.8 Å². The SMILES string of the molecule is CCn1c(Sc2ccc(CNC(C)C)c(C)c2)n[nH]c1=O. The largest absolute Gasteiger partial charge is 0.343 e. The fourth-order valence-corrected chi connectivity index (χ4v) is 3.01. The number of benzene rings is 1. The molecule has 21 heavy (non-hydrogen) atoms. The summed E-state index contributed by atoms with van der Waals surface area (Å²) in [6.07, 6.45) is 0. The molecule has 0 atom stereocenters. The Morgan fingerprint density at radius 1 is 1.43 bits per heavy atom. The normalized spacial score (nSPS) is 11.3. The van der Waals surface area contributed by atoms with E-state index in [1.54, 1.807) is 4.57 Å². The van der Waals surface area contributed by atoms with Gasteiger partial charge in [-0.3, -0.25) is 4.57 Å². The quantitative estimate of drug-likeness (QED) is 0.861. The molecule has 2 aromatic rings. The highest BCUT2D eigenvalue weighted by Crippen LogP contribution is 2.26. The lowest BCUT2D eigenvalue weighted by Gasteiger charge is -2.11. The van der Waals surface area contributed by atoms with Gasteiger partial charge >= 0.3 is 5.69 Å². The molecule has 0 aliphatic heterocycles. The van der Waals surface area contributed by atoms with Crippen molar-refractivity contribution in [3.8, 4) is 0 Å². The molecule has 6 heteroatoms. The second-order valence-corrected chi connectivity index (χ2v) is 6.32. The van der Waals surface area contributed by atoms with Crippen molar-refractivity contribution in [2.45, 2.75) is 56.9 Å². The summed E-state index contributed by atoms with van der Waals surface area (Å²) < 4.78 is 1.63. The molecule has 0 aliphatic carbocycles. The maximum absolute atomic E-state index is 11.6. The molecule has 0 radical (unpaired) electrons. The van der Waals surface area contributed by atoms with E-state index in [-0.39, 0.29) is 5.69 Å². The van der Waals surface area contributed by atoms with Gasteiger partial charge in [0.05, 0.1) is 0 Å². The van der Waals surface area contributed by atoms with Crippen LogP contribution in [-0.2, 0) is 13.1 Å². The Labute approximate surface area is 129 Å². The van der Waals surface area contributed by atoms with Crippen LogP contribution in [0, 0.1) is 6.92 Å². The molecule has 1 aromatic carbocycles. The third kappa shape index (κ3) is 3.98. The van der Waals surface area contributed by atoms with E-state index < -0.39 is 0 Å². The summed E-state index contributed by atoms with van der Waals surface area (Å²) in [6.45, 7) is 9.82. The van der Waals surface area contributed by atoms with Crippen LogP contribution in [0.1, 0.15) is 31.9 Å². The van der Waals surface area contributed by atoms with E-state index in [4.69, 9.17) is 0 Å². The van der Waals surface area contributed by atoms with Gasteiger partial charge in [0, 0.05) is 24.0 Å². The predicted molar refractivity (Wildman–Crippen MR) is 85.8 cm³/mol. The zero-order chi connectivity index (χ0) is 15.4. The van der Waals surface area contributed by atoms with Crippen molar-refractivity contribution in [2.75, 3.05) is 0 Å². The summed E-state index contributed by atoms with van der Waals surface area (Å²) >= 11 is 1.51. The number of rotatable bonds is 6. The summed E-state index contributed by atoms with van der Waals surface area (Å²) in [6, 6.07) is 6.82. The zero-order valence-electron chi connectivity index (χ0n) is 12.9. The first kappa shape index (κ1) is 15.9. The first-order chi connectivity index (χ1) is 10.0. The van der Waals surface area contributed by atoms with E-state index in [0.717, 1.165) is 11.4 Å². The third-order valence-corrected chi connectivity index (χ3v) is 4.25. The van der Waals surface area contributed by atoms with Crippen LogP contribution in [0.5, 0.6) is 0 Å². The summed E-state index contributed by atoms with van der Waals surface area (Å²) in [5.41, 5.74) is 2.38. The molecular weight excluding hydrogens is 284 g/mol. The van der Waals surface area contributed by atoms with Gasteiger partial charge in [0.1, 0.15) is 0 Å². The predicted octanol–water partition coefficient (Wildman–Crippen LogP) is 2.55. The van der Waals surface area contributed by atoms with E-state index in [1.807, 2.05) is 6.92 Å². The summed E-state index contributed by atoms with van der Waals surface area (Å²) in [4.78, 5) is 12.6. The van der Waals surface area contributed by atoms with Gasteiger partial charge in [0.15, 0.2) is 5.16 Å². The molecule has 0 aliphatic rings. The van der Waals surface area contributed by atoms with Gasteiger partial charge in [-0.25, -0.2) is 9.89 Å². The van der Waals surface area contributed by atoms with E-state index in [0.29, 0.717) is 17.7 Å². The Kier molecular flexibility index (Phi) is 5.25. The lowest BCUT2D eigenvalue weighted by molar-refractivity contribution is 0.587. The Bertz CT molecular complexity index is 660. The number of aryl methyl sites for hydroxylation is 1. The van der Waals surface area contributed by atoms with E-state index in [9.17, 15) is 4.79 Å². The van der Waals surface area contributed by atoms with Crippen molar-refractivity contribution in [3.63, 3.8) is 0 Å². The fourth-order valence-electron chi connectivity index (χ4n) is 2.01. The smallest absolute Gasteiger partial charge is 0.310 e. The van der Waals surface area contributed by atoms with Crippen LogP contribution in [0.25, 0.3) is 0 Å². The van der Waals surface area contributed by atoms with Crippen LogP contribution >= 0.6 is 11.8 Å². The molecule has 114 valence electrons. The first-order valence-electron chi connectivity index (χ1n) is 7.17. The molecule has 2 N–H and O–H groups in total. The maximum atomic E-state index is 11.6. The van der Waals surface area contributed by atoms with Crippen molar-refractivity contribution in [2.24, 2.45) is 0 Å². The van der Waals surface area contributed by atoms with Crippen molar-refractivity contribution in [1.29, 1.82) is 0 Å². The van der Waals surface area contributed by atoms with Crippen LogP contribution in [0.2, 0.25) is 0 Å². The van der Waals surface area contributed by atoms with Crippen molar-refractivity contribution in [1.82, 2.24) is 20.1 Å². The number of aromatic amines is 1. The second-order valence-electron chi connectivity index (χ2n) is 5.28. The summed E-state index contributed by atoms with van der Waals surface area (Å²) in [7, 11) is 0. The third-order valence-electron chi connectivity index (χ3n) is 3.26. The Balaban J connectivity index is 2.14. The number of aromatic nitrogens is 3. The highest BCUT2D eigenvalue weighted by Gasteiger charge is 2.09.